The van der Waals surface area contributed by atoms with E-state index >= 15 is 17.6 Å². The predicted octanol–water partition coefficient (Wildman–Crippen LogP) is 8.41. The monoisotopic (exact) mass is 1500 g/mol. The Bertz CT molecular complexity index is 4000. The molecule has 8 aliphatic rings. The van der Waals surface area contributed by atoms with Gasteiger partial charge in [0.25, 0.3) is 0 Å². The first-order chi connectivity index (χ1) is 50.8. The van der Waals surface area contributed by atoms with Crippen LogP contribution in [0.3, 0.4) is 0 Å². The second-order valence-electron chi connectivity index (χ2n) is 32.2. The van der Waals surface area contributed by atoms with Crippen molar-refractivity contribution in [2.24, 2.45) is 68.8 Å². The van der Waals surface area contributed by atoms with E-state index < -0.39 is 184 Å². The largest absolute Gasteiger partial charge is 0.390 e. The number of carbonyl (C=O) groups excluding carboxylic acids is 8. The average Bonchev–Trinajstić information content (AvgIpc) is 1.29. The number of amides is 4. The molecule has 4 amide bonds. The molecule has 0 unspecified atom stereocenters. The van der Waals surface area contributed by atoms with Crippen LogP contribution in [0.5, 0.6) is 0 Å². The maximum Gasteiger partial charge on any atom is 0.246 e. The zero-order valence-electron chi connectivity index (χ0n) is 62.0. The Labute approximate surface area is 625 Å². The Morgan fingerprint density at radius 3 is 1.25 bits per heavy atom. The maximum absolute atomic E-state index is 17.6. The summed E-state index contributed by atoms with van der Waals surface area (Å²) >= 11 is 0. The second kappa shape index (κ2) is 31.3. The van der Waals surface area contributed by atoms with Gasteiger partial charge in [-0.2, -0.15) is 0 Å². The molecule has 4 aromatic carbocycles. The molecule has 0 heterocycles. The summed E-state index contributed by atoms with van der Waals surface area (Å²) in [4.78, 5) is 100. The smallest absolute Gasteiger partial charge is 0.246 e. The zero-order chi connectivity index (χ0) is 78.7. The first-order valence-corrected chi connectivity index (χ1v) is 37.1. The number of halogens is 4. The number of hydrogen-bond acceptors (Lipinski definition) is 17. The maximum atomic E-state index is 17.6. The Morgan fingerprint density at radius 1 is 0.528 bits per heavy atom. The molecule has 6 fully saturated rings. The summed E-state index contributed by atoms with van der Waals surface area (Å²) in [6.07, 6.45) is -3.82. The molecule has 23 atom stereocenters. The third kappa shape index (κ3) is 14.9. The van der Waals surface area contributed by atoms with E-state index in [0.717, 1.165) is 34.4 Å². The van der Waals surface area contributed by atoms with Crippen molar-refractivity contribution in [2.45, 2.75) is 192 Å². The first kappa shape index (κ1) is 80.8. The van der Waals surface area contributed by atoms with E-state index in [0.29, 0.717) is 35.3 Å². The quantitative estimate of drug-likeness (QED) is 0.0260. The highest BCUT2D eigenvalue weighted by molar-refractivity contribution is 6.02. The molecule has 0 spiro atoms. The Morgan fingerprint density at radius 2 is 0.898 bits per heavy atom. The molecule has 108 heavy (non-hydrogen) atoms. The number of allylic oxidation sites excluding steroid dienone is 8. The molecule has 12 rings (SSSR count). The third-order valence-corrected chi connectivity index (χ3v) is 25.1. The lowest BCUT2D eigenvalue weighted by Gasteiger charge is -2.62. The van der Waals surface area contributed by atoms with E-state index in [1.54, 1.807) is 96.1 Å². The molecular formula is C83H99F4N5O16. The molecule has 0 aromatic heterocycles. The SMILES string of the molecule is CC(C)C(=O)N[C@@H](C)C(=O)Nc1cccc(Cc2ccc([C@@H](O)O[C@@H]3C[C@H]4[C@@H]5C[C@H](F)C6=CC(=O)C=C[C@]6(C)[C@@]5(F)[C@@H](O)C[C@]4(C)[C@H]3C(=O)CO)cc2)c1.C[C@H](N)C(=O)N[C@@H](C)C(=O)Nc1cccc(Cc2ccc([C@@H](O)O[C@@H]3C[C@H]4[C@@H]5C[C@H](F)C6=CC(=O)C=C[C@]6(C)[C@@]5(F)[C@@H](O)C[C@]4(C)[C@H]3C(=O)CO)cc2)c1. The third-order valence-electron chi connectivity index (χ3n) is 25.1. The number of aliphatic hydroxyl groups excluding tert-OH is 6. The molecule has 4 aromatic rings. The summed E-state index contributed by atoms with van der Waals surface area (Å²) < 4.78 is 79.2. The van der Waals surface area contributed by atoms with Crippen molar-refractivity contribution in [3.05, 3.63) is 178 Å². The van der Waals surface area contributed by atoms with Gasteiger partial charge < -0.3 is 67.1 Å². The minimum atomic E-state index is -2.34. The summed E-state index contributed by atoms with van der Waals surface area (Å²) in [7, 11) is 0. The number of ketones is 4. The fraction of sp³-hybridized carbons (Fsp3) is 0.518. The minimum absolute atomic E-state index is 0.00165. The van der Waals surface area contributed by atoms with E-state index in [9.17, 15) is 69.0 Å². The van der Waals surface area contributed by atoms with Crippen molar-refractivity contribution in [3.8, 4) is 0 Å². The molecule has 25 heteroatoms. The summed E-state index contributed by atoms with van der Waals surface area (Å²) in [5.74, 6) is -9.07. The van der Waals surface area contributed by atoms with Gasteiger partial charge in [0.2, 0.25) is 23.6 Å². The van der Waals surface area contributed by atoms with Crippen LogP contribution in [0.25, 0.3) is 0 Å². The Hall–Kier alpha value is -8.24. The number of alkyl halides is 4. The number of nitrogens with one attached hydrogen (secondary N) is 4. The van der Waals surface area contributed by atoms with Crippen LogP contribution >= 0.6 is 0 Å². The van der Waals surface area contributed by atoms with Crippen LogP contribution in [0.4, 0.5) is 28.9 Å². The minimum Gasteiger partial charge on any atom is -0.390 e. The highest BCUT2D eigenvalue weighted by Crippen LogP contribution is 2.72. The van der Waals surface area contributed by atoms with E-state index in [4.69, 9.17) is 15.2 Å². The average molecular weight is 1500 g/mol. The summed E-state index contributed by atoms with van der Waals surface area (Å²) in [6, 6.07) is 26.2. The molecule has 0 bridgehead atoms. The van der Waals surface area contributed by atoms with Gasteiger partial charge in [0.15, 0.2) is 47.1 Å². The van der Waals surface area contributed by atoms with Crippen LogP contribution in [-0.4, -0.2) is 157 Å². The molecule has 0 aliphatic heterocycles. The Balaban J connectivity index is 0.000000215. The van der Waals surface area contributed by atoms with Gasteiger partial charge in [-0.1, -0.05) is 113 Å². The van der Waals surface area contributed by atoms with Crippen LogP contribution in [-0.2, 0) is 60.7 Å². The number of hydrogen-bond donors (Lipinski definition) is 11. The highest BCUT2D eigenvalue weighted by Gasteiger charge is 2.76. The van der Waals surface area contributed by atoms with Crippen LogP contribution < -0.4 is 27.0 Å². The van der Waals surface area contributed by atoms with Gasteiger partial charge in [-0.05, 0) is 191 Å². The number of benzene rings is 4. The summed E-state index contributed by atoms with van der Waals surface area (Å²) in [5.41, 5.74) is 1.02. The number of ether oxygens (including phenoxy) is 2. The zero-order valence-corrected chi connectivity index (χ0v) is 62.0. The molecule has 0 saturated heterocycles. The number of anilines is 2. The number of fused-ring (bicyclic) bond motifs is 10. The van der Waals surface area contributed by atoms with Gasteiger partial charge in [0.05, 0.1) is 42.3 Å². The fourth-order valence-corrected chi connectivity index (χ4v) is 19.4. The van der Waals surface area contributed by atoms with Gasteiger partial charge in [0, 0.05) is 51.1 Å². The molecule has 12 N–H and O–H groups in total. The van der Waals surface area contributed by atoms with E-state index in [1.165, 1.54) is 45.1 Å². The van der Waals surface area contributed by atoms with E-state index in [2.05, 4.69) is 21.3 Å². The summed E-state index contributed by atoms with van der Waals surface area (Å²) in [6.45, 7) is 13.1. The summed E-state index contributed by atoms with van der Waals surface area (Å²) in [5, 5.41) is 76.6. The second-order valence-corrected chi connectivity index (χ2v) is 32.2. The number of rotatable bonds is 22. The number of Topliss-reactive ketones (excluding diaryl/α,β-unsaturated/α-hetero) is 2. The van der Waals surface area contributed by atoms with E-state index in [1.807, 2.05) is 42.5 Å². The normalized spacial score (nSPS) is 34.2. The molecule has 0 radical (unpaired) electrons. The van der Waals surface area contributed by atoms with Crippen molar-refractivity contribution < 1.29 is 96.0 Å². The molecule has 6 saturated carbocycles. The van der Waals surface area contributed by atoms with Crippen molar-refractivity contribution in [2.75, 3.05) is 23.8 Å². The van der Waals surface area contributed by atoms with Crippen molar-refractivity contribution in [3.63, 3.8) is 0 Å². The van der Waals surface area contributed by atoms with Gasteiger partial charge in [-0.15, -0.1) is 0 Å². The highest BCUT2D eigenvalue weighted by atomic mass is 19.2. The van der Waals surface area contributed by atoms with Crippen LogP contribution in [0.1, 0.15) is 147 Å². The standard InChI is InChI=1S/C42H50F2N2O8.C41H49F2N3O8/c1-22(2)37(51)45-23(3)38(52)46-27-8-6-7-25(16-27)15-24-9-11-26(12-10-24)39(53)54-34-19-29-30-18-32(43)31-17-28(48)13-14-41(31,5)42(30,44)35(50)20-40(29,4)36(34)33(49)21-47;1-21(44)36(51)45-22(2)37(52)46-26-7-5-6-24(15-26)14-23-8-10-25(11-9-23)38(53)54-33-18-28-29-17-31(42)30-16-27(48)12-13-40(30,4)41(29,43)34(50)19-39(28,3)35(33)32(49)20-47/h6-14,16-17,22-23,29-30,32,34-36,39,47,50,53H,15,18-21H2,1-5H3,(H,45,51)(H,46,52);5-13,15-16,21-22,28-29,31,33-35,38,47,50,53H,14,17-20,44H2,1-4H3,(H,45,51)(H,46,52)/t23-,29-,30-,32-,34+,35-,36-,39-,40-,41-,42-;21-,22-,28-,29-,31-,33+,34-,35-,38-,39-,40-,41-/m00/s1. The number of carbonyl (C=O) groups is 8. The topological polar surface area (TPSA) is 351 Å². The van der Waals surface area contributed by atoms with Gasteiger partial charge in [-0.3, -0.25) is 38.4 Å². The van der Waals surface area contributed by atoms with Crippen LogP contribution in [0.2, 0.25) is 0 Å². The van der Waals surface area contributed by atoms with Gasteiger partial charge in [-0.25, -0.2) is 17.6 Å². The van der Waals surface area contributed by atoms with Crippen molar-refractivity contribution in [1.82, 2.24) is 10.6 Å². The first-order valence-electron chi connectivity index (χ1n) is 37.1. The van der Waals surface area contributed by atoms with E-state index in [-0.39, 0.29) is 67.4 Å². The number of aliphatic hydroxyl groups is 6. The molecular weight excluding hydrogens is 1400 g/mol. The lowest BCUT2D eigenvalue weighted by atomic mass is 9.45. The molecule has 580 valence electrons. The van der Waals surface area contributed by atoms with Crippen LogP contribution in [0, 0.1) is 63.1 Å². The van der Waals surface area contributed by atoms with Crippen LogP contribution in [0.15, 0.2) is 145 Å². The van der Waals surface area contributed by atoms with Crippen molar-refractivity contribution in [1.29, 1.82) is 0 Å². The van der Waals surface area contributed by atoms with Crippen molar-refractivity contribution >= 4 is 58.1 Å². The Kier molecular flexibility index (Phi) is 23.4. The lowest BCUT2D eigenvalue weighted by Crippen LogP contribution is -2.68. The molecule has 21 nitrogen and oxygen atoms in total. The van der Waals surface area contributed by atoms with Gasteiger partial charge >= 0.3 is 0 Å². The number of nitrogens with two attached hydrogens (primary N) is 1. The predicted molar refractivity (Wildman–Crippen MR) is 391 cm³/mol. The lowest BCUT2D eigenvalue weighted by molar-refractivity contribution is -0.203. The van der Waals surface area contributed by atoms with Gasteiger partial charge in [0.1, 0.15) is 37.6 Å². The fourth-order valence-electron chi connectivity index (χ4n) is 19.4. The molecule has 8 aliphatic carbocycles.